The highest BCUT2D eigenvalue weighted by Crippen LogP contribution is 2.25. The molecule has 0 unspecified atom stereocenters. The van der Waals surface area contributed by atoms with Crippen LogP contribution in [0.25, 0.3) is 0 Å². The summed E-state index contributed by atoms with van der Waals surface area (Å²) in [4.78, 5) is 24.6. The Morgan fingerprint density at radius 2 is 1.79 bits per heavy atom. The highest BCUT2D eigenvalue weighted by molar-refractivity contribution is 7.89. The predicted molar refractivity (Wildman–Crippen MR) is 125 cm³/mol. The normalized spacial score (nSPS) is 16.8. The van der Waals surface area contributed by atoms with Crippen molar-refractivity contribution in [1.29, 1.82) is 0 Å². The van der Waals surface area contributed by atoms with Crippen LogP contribution in [0.4, 0.5) is 0 Å². The minimum Gasteiger partial charge on any atom is -0.360 e. The summed E-state index contributed by atoms with van der Waals surface area (Å²) in [5.41, 5.74) is 2.64. The van der Waals surface area contributed by atoms with E-state index in [9.17, 15) is 18.0 Å². The van der Waals surface area contributed by atoms with Crippen LogP contribution in [0.15, 0.2) is 53.4 Å². The molecule has 1 aliphatic rings. The van der Waals surface area contributed by atoms with Gasteiger partial charge in [0.25, 0.3) is 0 Å². The summed E-state index contributed by atoms with van der Waals surface area (Å²) in [7, 11) is -3.82. The molecule has 2 aromatic rings. The highest BCUT2D eigenvalue weighted by atomic mass is 32.2. The summed E-state index contributed by atoms with van der Waals surface area (Å²) in [5, 5.41) is 5.11. The first kappa shape index (κ1) is 24.9. The molecule has 2 amide bonds. The van der Waals surface area contributed by atoms with Gasteiger partial charge in [0.15, 0.2) is 0 Å². The quantitative estimate of drug-likeness (QED) is 0.450. The van der Waals surface area contributed by atoms with Crippen LogP contribution in [-0.4, -0.2) is 57.0 Å². The third-order valence-electron chi connectivity index (χ3n) is 5.50. The van der Waals surface area contributed by atoms with Gasteiger partial charge >= 0.3 is 11.8 Å². The Hall–Kier alpha value is -2.75. The maximum Gasteiger partial charge on any atom is 0.309 e. The number of ether oxygens (including phenoxy) is 1. The lowest BCUT2D eigenvalue weighted by Crippen LogP contribution is -2.53. The van der Waals surface area contributed by atoms with Crippen LogP contribution in [0.5, 0.6) is 0 Å². The number of carbonyl (C=O) groups excluding carboxylic acids is 2. The van der Waals surface area contributed by atoms with Crippen molar-refractivity contribution in [2.24, 2.45) is 0 Å². The number of sulfonamides is 1. The number of carbonyl (C=O) groups is 2. The zero-order valence-corrected chi connectivity index (χ0v) is 19.9. The van der Waals surface area contributed by atoms with E-state index in [1.807, 2.05) is 43.3 Å². The van der Waals surface area contributed by atoms with Crippen molar-refractivity contribution < 1.29 is 22.7 Å². The fraction of sp³-hybridized carbons (Fsp3) is 0.417. The molecule has 9 heteroatoms. The van der Waals surface area contributed by atoms with Gasteiger partial charge in [-0.2, -0.15) is 4.31 Å². The summed E-state index contributed by atoms with van der Waals surface area (Å²) < 4.78 is 33.5. The van der Waals surface area contributed by atoms with Gasteiger partial charge in [-0.3, -0.25) is 9.59 Å². The molecule has 1 fully saturated rings. The summed E-state index contributed by atoms with van der Waals surface area (Å²) in [6, 6.07) is 15.1. The molecule has 2 aromatic carbocycles. The van der Waals surface area contributed by atoms with Crippen LogP contribution in [0.2, 0.25) is 0 Å². The number of rotatable bonds is 8. The maximum absolute atomic E-state index is 13.3. The average Bonchev–Trinajstić information content (AvgIpc) is 2.82. The van der Waals surface area contributed by atoms with Crippen molar-refractivity contribution in [3.63, 3.8) is 0 Å². The van der Waals surface area contributed by atoms with Crippen LogP contribution in [0, 0.1) is 13.8 Å². The van der Waals surface area contributed by atoms with Crippen molar-refractivity contribution in [1.82, 2.24) is 14.9 Å². The summed E-state index contributed by atoms with van der Waals surface area (Å²) in [5.74, 6) is -1.56. The zero-order valence-electron chi connectivity index (χ0n) is 19.0. The van der Waals surface area contributed by atoms with Gasteiger partial charge in [-0.15, -0.1) is 0 Å². The van der Waals surface area contributed by atoms with Gasteiger partial charge in [0.05, 0.1) is 18.0 Å². The van der Waals surface area contributed by atoms with Gasteiger partial charge in [-0.05, 0) is 55.9 Å². The third kappa shape index (κ3) is 6.63. The van der Waals surface area contributed by atoms with Crippen LogP contribution in [0.1, 0.15) is 29.5 Å². The predicted octanol–water partition coefficient (Wildman–Crippen LogP) is 1.91. The number of nitrogens with zero attached hydrogens (tertiary/aromatic N) is 1. The Morgan fingerprint density at radius 1 is 1.06 bits per heavy atom. The van der Waals surface area contributed by atoms with E-state index >= 15 is 0 Å². The molecule has 0 aliphatic carbocycles. The van der Waals surface area contributed by atoms with Crippen LogP contribution < -0.4 is 10.6 Å². The first-order valence-electron chi connectivity index (χ1n) is 11.1. The molecule has 0 bridgehead atoms. The Balaban J connectivity index is 1.53. The maximum atomic E-state index is 13.3. The molecular formula is C24H31N3O5S. The molecule has 1 heterocycles. The molecule has 3 rings (SSSR count). The largest absolute Gasteiger partial charge is 0.360 e. The number of hydrogen-bond donors (Lipinski definition) is 2. The van der Waals surface area contributed by atoms with E-state index in [0.717, 1.165) is 17.5 Å². The Kier molecular flexibility index (Phi) is 8.60. The minimum atomic E-state index is -3.82. The first-order valence-corrected chi connectivity index (χ1v) is 12.5. The molecule has 1 saturated heterocycles. The van der Waals surface area contributed by atoms with E-state index in [2.05, 4.69) is 10.6 Å². The zero-order chi connectivity index (χ0) is 23.8. The molecule has 8 nitrogen and oxygen atoms in total. The molecular weight excluding hydrogens is 442 g/mol. The van der Waals surface area contributed by atoms with Crippen molar-refractivity contribution in [3.8, 4) is 0 Å². The number of nitrogens with one attached hydrogen (secondary N) is 2. The van der Waals surface area contributed by atoms with Crippen molar-refractivity contribution >= 4 is 21.8 Å². The van der Waals surface area contributed by atoms with E-state index in [-0.39, 0.29) is 18.0 Å². The van der Waals surface area contributed by atoms with E-state index < -0.39 is 28.1 Å². The lowest BCUT2D eigenvalue weighted by Gasteiger charge is -2.35. The summed E-state index contributed by atoms with van der Waals surface area (Å²) in [6.07, 6.45) is 1.18. The van der Waals surface area contributed by atoms with Crippen molar-refractivity contribution in [2.45, 2.75) is 44.2 Å². The SMILES string of the molecule is Cc1ccc(C)c(S(=O)(=O)N2CCCO[C@H]2CNC(=O)C(=O)NCCCc2ccccc2)c1. The van der Waals surface area contributed by atoms with Crippen LogP contribution >= 0.6 is 0 Å². The molecule has 33 heavy (non-hydrogen) atoms. The van der Waals surface area contributed by atoms with Gasteiger partial charge in [-0.1, -0.05) is 42.5 Å². The smallest absolute Gasteiger partial charge is 0.309 e. The van der Waals surface area contributed by atoms with Crippen molar-refractivity contribution in [3.05, 3.63) is 65.2 Å². The monoisotopic (exact) mass is 473 g/mol. The second-order valence-electron chi connectivity index (χ2n) is 8.12. The van der Waals surface area contributed by atoms with Crippen molar-refractivity contribution in [2.75, 3.05) is 26.2 Å². The molecule has 0 saturated carbocycles. The highest BCUT2D eigenvalue weighted by Gasteiger charge is 2.35. The molecule has 1 aliphatic heterocycles. The molecule has 0 spiro atoms. The Morgan fingerprint density at radius 3 is 2.55 bits per heavy atom. The molecule has 2 N–H and O–H groups in total. The fourth-order valence-corrected chi connectivity index (χ4v) is 5.57. The molecule has 1 atom stereocenters. The van der Waals surface area contributed by atoms with Crippen LogP contribution in [-0.2, 0) is 30.8 Å². The average molecular weight is 474 g/mol. The number of aryl methyl sites for hydroxylation is 3. The molecule has 178 valence electrons. The second-order valence-corrected chi connectivity index (χ2v) is 9.98. The minimum absolute atomic E-state index is 0.111. The van der Waals surface area contributed by atoms with Gasteiger partial charge < -0.3 is 15.4 Å². The van der Waals surface area contributed by atoms with Gasteiger partial charge in [0.2, 0.25) is 10.0 Å². The summed E-state index contributed by atoms with van der Waals surface area (Å²) in [6.45, 7) is 4.50. The third-order valence-corrected chi connectivity index (χ3v) is 7.53. The number of hydrogen-bond acceptors (Lipinski definition) is 5. The van der Waals surface area contributed by atoms with Gasteiger partial charge in [0.1, 0.15) is 6.23 Å². The molecule has 0 aromatic heterocycles. The number of benzene rings is 2. The topological polar surface area (TPSA) is 105 Å². The van der Waals surface area contributed by atoms with E-state index in [1.165, 1.54) is 4.31 Å². The standard InChI is InChI=1S/C24H31N3O5S/c1-18-11-12-19(2)21(16-18)33(30,31)27-14-7-15-32-22(27)17-26-24(29)23(28)25-13-6-10-20-8-4-3-5-9-20/h3-5,8-9,11-12,16,22H,6-7,10,13-15,17H2,1-2H3,(H,25,28)(H,26,29)/t22-/m0/s1. The fourth-order valence-electron chi connectivity index (χ4n) is 3.69. The van der Waals surface area contributed by atoms with Gasteiger partial charge in [-0.25, -0.2) is 8.42 Å². The van der Waals surface area contributed by atoms with Crippen LogP contribution in [0.3, 0.4) is 0 Å². The lowest BCUT2D eigenvalue weighted by molar-refractivity contribution is -0.140. The number of amides is 2. The van der Waals surface area contributed by atoms with E-state index in [0.29, 0.717) is 31.6 Å². The lowest BCUT2D eigenvalue weighted by atomic mass is 10.1. The van der Waals surface area contributed by atoms with Gasteiger partial charge in [0, 0.05) is 13.1 Å². The Labute approximate surface area is 195 Å². The van der Waals surface area contributed by atoms with E-state index in [4.69, 9.17) is 4.74 Å². The Bertz CT molecular complexity index is 1070. The summed E-state index contributed by atoms with van der Waals surface area (Å²) >= 11 is 0. The first-order chi connectivity index (χ1) is 15.8. The van der Waals surface area contributed by atoms with E-state index in [1.54, 1.807) is 19.1 Å². The second kappa shape index (κ2) is 11.4. The molecule has 0 radical (unpaired) electrons.